The van der Waals surface area contributed by atoms with E-state index >= 15 is 0 Å². The average molecular weight is 315 g/mol. The second-order valence-electron chi connectivity index (χ2n) is 5.71. The maximum atomic E-state index is 12.7. The maximum Gasteiger partial charge on any atom is 0.196 e. The van der Waals surface area contributed by atoms with Crippen LogP contribution >= 0.6 is 11.6 Å². The number of carbonyl (C=O) groups excluding carboxylic acids is 1. The van der Waals surface area contributed by atoms with E-state index in [0.717, 1.165) is 12.8 Å². The molecule has 0 heterocycles. The Morgan fingerprint density at radius 3 is 2.45 bits per heavy atom. The molecule has 3 rings (SSSR count). The topological polar surface area (TPSA) is 26.3 Å². The number of benzene rings is 2. The zero-order chi connectivity index (χ0) is 15.4. The van der Waals surface area contributed by atoms with Crippen LogP contribution in [0.2, 0.25) is 5.02 Å². The normalized spacial score (nSPS) is 15.5. The molecule has 0 atom stereocenters. The van der Waals surface area contributed by atoms with Gasteiger partial charge in [-0.1, -0.05) is 48.4 Å². The van der Waals surface area contributed by atoms with Gasteiger partial charge in [0.15, 0.2) is 5.78 Å². The molecule has 0 unspecified atom stereocenters. The van der Waals surface area contributed by atoms with E-state index in [2.05, 4.69) is 0 Å². The number of rotatable bonds is 4. The second kappa shape index (κ2) is 6.97. The molecule has 2 aromatic carbocycles. The number of hydrogen-bond acceptors (Lipinski definition) is 2. The Balaban J connectivity index is 1.89. The van der Waals surface area contributed by atoms with Gasteiger partial charge in [-0.25, -0.2) is 0 Å². The summed E-state index contributed by atoms with van der Waals surface area (Å²) in [5.74, 6) is 0.596. The molecule has 2 nitrogen and oxygen atoms in total. The van der Waals surface area contributed by atoms with Gasteiger partial charge >= 0.3 is 0 Å². The maximum absolute atomic E-state index is 12.7. The first-order valence-electron chi connectivity index (χ1n) is 7.80. The number of hydrogen-bond donors (Lipinski definition) is 0. The summed E-state index contributed by atoms with van der Waals surface area (Å²) in [6.45, 7) is 0. The van der Waals surface area contributed by atoms with Crippen molar-refractivity contribution in [3.05, 3.63) is 64.7 Å². The lowest BCUT2D eigenvalue weighted by Crippen LogP contribution is -2.21. The fourth-order valence-corrected chi connectivity index (χ4v) is 3.06. The monoisotopic (exact) mass is 314 g/mol. The summed E-state index contributed by atoms with van der Waals surface area (Å²) in [6, 6.07) is 14.5. The molecule has 114 valence electrons. The fourth-order valence-electron chi connectivity index (χ4n) is 2.89. The van der Waals surface area contributed by atoms with E-state index in [4.69, 9.17) is 16.3 Å². The van der Waals surface area contributed by atoms with Gasteiger partial charge in [-0.05, 0) is 43.9 Å². The molecule has 0 aromatic heterocycles. The van der Waals surface area contributed by atoms with E-state index in [1.54, 1.807) is 12.1 Å². The van der Waals surface area contributed by atoms with Gasteiger partial charge in [0.25, 0.3) is 0 Å². The number of halogens is 1. The summed E-state index contributed by atoms with van der Waals surface area (Å²) in [5.41, 5.74) is 1.20. The van der Waals surface area contributed by atoms with Crippen molar-refractivity contribution in [3.8, 4) is 5.75 Å². The highest BCUT2D eigenvalue weighted by molar-refractivity contribution is 6.31. The standard InChI is InChI=1S/C19H19ClO2/c20-15-11-12-18(22-16-9-5-2-6-10-16)17(13-15)19(21)14-7-3-1-4-8-14/h1,3-4,7-8,11-13,16H,2,5-6,9-10H2. The first-order valence-corrected chi connectivity index (χ1v) is 8.18. The van der Waals surface area contributed by atoms with Crippen LogP contribution < -0.4 is 4.74 Å². The summed E-state index contributed by atoms with van der Waals surface area (Å²) < 4.78 is 6.10. The first-order chi connectivity index (χ1) is 10.7. The van der Waals surface area contributed by atoms with Crippen molar-refractivity contribution in [2.75, 3.05) is 0 Å². The SMILES string of the molecule is O=C(c1ccccc1)c1cc(Cl)ccc1OC1CCCCC1. The molecule has 1 saturated carbocycles. The van der Waals surface area contributed by atoms with Gasteiger partial charge in [-0.2, -0.15) is 0 Å². The van der Waals surface area contributed by atoms with Crippen LogP contribution in [0.4, 0.5) is 0 Å². The molecule has 1 aliphatic rings. The van der Waals surface area contributed by atoms with Gasteiger partial charge in [-0.3, -0.25) is 4.79 Å². The highest BCUT2D eigenvalue weighted by Crippen LogP contribution is 2.29. The largest absolute Gasteiger partial charge is 0.490 e. The van der Waals surface area contributed by atoms with Crippen molar-refractivity contribution in [3.63, 3.8) is 0 Å². The van der Waals surface area contributed by atoms with Crippen molar-refractivity contribution >= 4 is 17.4 Å². The van der Waals surface area contributed by atoms with Crippen LogP contribution in [0.1, 0.15) is 48.0 Å². The van der Waals surface area contributed by atoms with Crippen molar-refractivity contribution in [1.29, 1.82) is 0 Å². The predicted octanol–water partition coefficient (Wildman–Crippen LogP) is 5.28. The summed E-state index contributed by atoms with van der Waals surface area (Å²) in [7, 11) is 0. The van der Waals surface area contributed by atoms with Crippen molar-refractivity contribution in [1.82, 2.24) is 0 Å². The van der Waals surface area contributed by atoms with Gasteiger partial charge < -0.3 is 4.74 Å². The van der Waals surface area contributed by atoms with E-state index in [1.165, 1.54) is 19.3 Å². The molecule has 0 bridgehead atoms. The molecule has 0 N–H and O–H groups in total. The van der Waals surface area contributed by atoms with E-state index < -0.39 is 0 Å². The van der Waals surface area contributed by atoms with E-state index in [1.807, 2.05) is 36.4 Å². The molecule has 0 spiro atoms. The molecule has 0 radical (unpaired) electrons. The fraction of sp³-hybridized carbons (Fsp3) is 0.316. The number of ether oxygens (including phenoxy) is 1. The van der Waals surface area contributed by atoms with Gasteiger partial charge in [0, 0.05) is 10.6 Å². The lowest BCUT2D eigenvalue weighted by atomic mass is 9.97. The van der Waals surface area contributed by atoms with Gasteiger partial charge in [0.1, 0.15) is 5.75 Å². The second-order valence-corrected chi connectivity index (χ2v) is 6.15. The number of carbonyl (C=O) groups is 1. The molecule has 3 heteroatoms. The predicted molar refractivity (Wildman–Crippen MR) is 88.8 cm³/mol. The van der Waals surface area contributed by atoms with E-state index in [9.17, 15) is 4.79 Å². The Labute approximate surface area is 136 Å². The Hall–Kier alpha value is -1.80. The summed E-state index contributed by atoms with van der Waals surface area (Å²) in [6.07, 6.45) is 5.98. The van der Waals surface area contributed by atoms with Gasteiger partial charge in [0.2, 0.25) is 0 Å². The lowest BCUT2D eigenvalue weighted by Gasteiger charge is -2.24. The third-order valence-corrected chi connectivity index (χ3v) is 4.30. The van der Waals surface area contributed by atoms with Crippen LogP contribution in [-0.4, -0.2) is 11.9 Å². The number of ketones is 1. The van der Waals surface area contributed by atoms with Crippen molar-refractivity contribution in [2.24, 2.45) is 0 Å². The summed E-state index contributed by atoms with van der Waals surface area (Å²) >= 11 is 6.08. The summed E-state index contributed by atoms with van der Waals surface area (Å²) in [4.78, 5) is 12.7. The van der Waals surface area contributed by atoms with Gasteiger partial charge in [-0.15, -0.1) is 0 Å². The Morgan fingerprint density at radius 1 is 1.00 bits per heavy atom. The summed E-state index contributed by atoms with van der Waals surface area (Å²) in [5, 5.41) is 0.551. The third kappa shape index (κ3) is 3.50. The zero-order valence-electron chi connectivity index (χ0n) is 12.4. The Morgan fingerprint density at radius 2 is 1.73 bits per heavy atom. The van der Waals surface area contributed by atoms with Crippen molar-refractivity contribution in [2.45, 2.75) is 38.2 Å². The molecule has 0 saturated heterocycles. The molecule has 22 heavy (non-hydrogen) atoms. The molecule has 2 aromatic rings. The lowest BCUT2D eigenvalue weighted by molar-refractivity contribution is 0.102. The minimum Gasteiger partial charge on any atom is -0.490 e. The molecule has 1 aliphatic carbocycles. The van der Waals surface area contributed by atoms with Crippen LogP contribution in [0, 0.1) is 0 Å². The van der Waals surface area contributed by atoms with E-state index in [0.29, 0.717) is 21.9 Å². The Kier molecular flexibility index (Phi) is 4.79. The highest BCUT2D eigenvalue weighted by Gasteiger charge is 2.20. The van der Waals surface area contributed by atoms with E-state index in [-0.39, 0.29) is 11.9 Å². The van der Waals surface area contributed by atoms with Crippen LogP contribution in [0.3, 0.4) is 0 Å². The van der Waals surface area contributed by atoms with Crippen LogP contribution in [0.15, 0.2) is 48.5 Å². The quantitative estimate of drug-likeness (QED) is 0.717. The molecule has 1 fully saturated rings. The van der Waals surface area contributed by atoms with Gasteiger partial charge in [0.05, 0.1) is 11.7 Å². The highest BCUT2D eigenvalue weighted by atomic mass is 35.5. The first kappa shape index (κ1) is 15.1. The van der Waals surface area contributed by atoms with Crippen LogP contribution in [0.25, 0.3) is 0 Å². The van der Waals surface area contributed by atoms with Crippen molar-refractivity contribution < 1.29 is 9.53 Å². The Bertz CT molecular complexity index is 646. The van der Waals surface area contributed by atoms with Crippen LogP contribution in [-0.2, 0) is 0 Å². The molecular formula is C19H19ClO2. The molecular weight excluding hydrogens is 296 g/mol. The molecule has 0 amide bonds. The average Bonchev–Trinajstić information content (AvgIpc) is 2.57. The smallest absolute Gasteiger partial charge is 0.196 e. The van der Waals surface area contributed by atoms with Crippen LogP contribution in [0.5, 0.6) is 5.75 Å². The minimum absolute atomic E-state index is 0.0473. The zero-order valence-corrected chi connectivity index (χ0v) is 13.2. The molecule has 0 aliphatic heterocycles. The third-order valence-electron chi connectivity index (χ3n) is 4.07. The minimum atomic E-state index is -0.0473.